The number of fused-ring (bicyclic) bond motifs is 3. The summed E-state index contributed by atoms with van der Waals surface area (Å²) in [6.07, 6.45) is 2.45. The van der Waals surface area contributed by atoms with Crippen LogP contribution >= 0.6 is 0 Å². The highest BCUT2D eigenvalue weighted by Gasteiger charge is 2.25. The van der Waals surface area contributed by atoms with Gasteiger partial charge in [-0.15, -0.1) is 0 Å². The Morgan fingerprint density at radius 2 is 2.06 bits per heavy atom. The molecule has 0 amide bonds. The van der Waals surface area contributed by atoms with Crippen LogP contribution in [-0.2, 0) is 25.9 Å². The Bertz CT molecular complexity index is 580. The first-order valence-corrected chi connectivity index (χ1v) is 6.15. The minimum Gasteiger partial charge on any atom is -0.344 e. The van der Waals surface area contributed by atoms with Crippen LogP contribution in [0.25, 0.3) is 10.9 Å². The predicted molar refractivity (Wildman–Crippen MR) is 65.7 cm³/mol. The molecule has 1 aromatic carbocycles. The average Bonchev–Trinajstić information content (AvgIpc) is 2.84. The van der Waals surface area contributed by atoms with Crippen molar-refractivity contribution in [1.82, 2.24) is 9.47 Å². The standard InChI is InChI=1S/C14H16N2/c1-15-7-6-13-12(9-15)11-4-2-3-10-5-8-16(13)14(10)11/h2-4H,5-9H2,1H3. The van der Waals surface area contributed by atoms with Crippen molar-refractivity contribution >= 4 is 10.9 Å². The number of nitrogens with zero attached hydrogens (tertiary/aromatic N) is 2. The van der Waals surface area contributed by atoms with E-state index in [4.69, 9.17) is 0 Å². The first-order chi connectivity index (χ1) is 7.84. The molecule has 3 heterocycles. The van der Waals surface area contributed by atoms with Crippen molar-refractivity contribution in [3.8, 4) is 0 Å². The van der Waals surface area contributed by atoms with Crippen LogP contribution in [0.3, 0.4) is 0 Å². The molecule has 0 aliphatic carbocycles. The summed E-state index contributed by atoms with van der Waals surface area (Å²) < 4.78 is 2.58. The van der Waals surface area contributed by atoms with E-state index in [0.29, 0.717) is 0 Å². The lowest BCUT2D eigenvalue weighted by molar-refractivity contribution is 0.309. The van der Waals surface area contributed by atoms with Crippen molar-refractivity contribution in [2.24, 2.45) is 0 Å². The molecular weight excluding hydrogens is 196 g/mol. The molecule has 0 atom stereocenters. The largest absolute Gasteiger partial charge is 0.344 e. The van der Waals surface area contributed by atoms with Gasteiger partial charge < -0.3 is 9.47 Å². The number of para-hydroxylation sites is 1. The number of aryl methyl sites for hydroxylation is 2. The summed E-state index contributed by atoms with van der Waals surface area (Å²) >= 11 is 0. The number of aromatic nitrogens is 1. The molecule has 0 radical (unpaired) electrons. The fraction of sp³-hybridized carbons (Fsp3) is 0.429. The van der Waals surface area contributed by atoms with E-state index >= 15 is 0 Å². The molecule has 0 N–H and O–H groups in total. The fourth-order valence-corrected chi connectivity index (χ4v) is 3.40. The maximum absolute atomic E-state index is 2.58. The summed E-state index contributed by atoms with van der Waals surface area (Å²) in [5, 5.41) is 1.51. The molecule has 0 saturated carbocycles. The van der Waals surface area contributed by atoms with Crippen LogP contribution in [0.4, 0.5) is 0 Å². The van der Waals surface area contributed by atoms with Gasteiger partial charge >= 0.3 is 0 Å². The molecule has 0 fully saturated rings. The number of hydrogen-bond acceptors (Lipinski definition) is 1. The summed E-state index contributed by atoms with van der Waals surface area (Å²) in [6, 6.07) is 6.82. The van der Waals surface area contributed by atoms with E-state index in [-0.39, 0.29) is 0 Å². The average molecular weight is 212 g/mol. The van der Waals surface area contributed by atoms with Crippen LogP contribution in [0.15, 0.2) is 18.2 Å². The highest BCUT2D eigenvalue weighted by Crippen LogP contribution is 2.35. The van der Waals surface area contributed by atoms with Crippen LogP contribution in [0.1, 0.15) is 16.8 Å². The number of likely N-dealkylation sites (N-methyl/N-ethyl adjacent to an activating group) is 1. The molecule has 2 aromatic rings. The normalized spacial score (nSPS) is 19.3. The number of rotatable bonds is 0. The zero-order valence-corrected chi connectivity index (χ0v) is 9.66. The fourth-order valence-electron chi connectivity index (χ4n) is 3.40. The van der Waals surface area contributed by atoms with Gasteiger partial charge in [0.2, 0.25) is 0 Å². The minimum absolute atomic E-state index is 1.13. The second-order valence-electron chi connectivity index (χ2n) is 5.13. The zero-order valence-electron chi connectivity index (χ0n) is 9.66. The molecule has 2 aliphatic rings. The summed E-state index contributed by atoms with van der Waals surface area (Å²) in [4.78, 5) is 2.43. The van der Waals surface area contributed by atoms with Crippen molar-refractivity contribution in [1.29, 1.82) is 0 Å². The van der Waals surface area contributed by atoms with E-state index < -0.39 is 0 Å². The Kier molecular flexibility index (Phi) is 1.59. The van der Waals surface area contributed by atoms with E-state index in [0.717, 1.165) is 6.54 Å². The third-order valence-electron chi connectivity index (χ3n) is 4.15. The van der Waals surface area contributed by atoms with Gasteiger partial charge in [0.15, 0.2) is 0 Å². The van der Waals surface area contributed by atoms with Gasteiger partial charge in [0.25, 0.3) is 0 Å². The molecular formula is C14H16N2. The van der Waals surface area contributed by atoms with Crippen molar-refractivity contribution in [2.75, 3.05) is 13.6 Å². The van der Waals surface area contributed by atoms with Crippen LogP contribution < -0.4 is 0 Å². The molecule has 82 valence electrons. The maximum Gasteiger partial charge on any atom is 0.0519 e. The van der Waals surface area contributed by atoms with Gasteiger partial charge in [-0.2, -0.15) is 0 Å². The highest BCUT2D eigenvalue weighted by molar-refractivity contribution is 5.89. The minimum atomic E-state index is 1.13. The maximum atomic E-state index is 2.58. The molecule has 0 unspecified atom stereocenters. The van der Waals surface area contributed by atoms with Gasteiger partial charge in [0, 0.05) is 37.1 Å². The zero-order chi connectivity index (χ0) is 10.7. The van der Waals surface area contributed by atoms with Gasteiger partial charge in [0.05, 0.1) is 5.52 Å². The van der Waals surface area contributed by atoms with E-state index in [1.54, 1.807) is 16.8 Å². The first-order valence-electron chi connectivity index (χ1n) is 6.15. The third kappa shape index (κ3) is 0.957. The second-order valence-corrected chi connectivity index (χ2v) is 5.13. The topological polar surface area (TPSA) is 8.17 Å². The Labute approximate surface area is 95.5 Å². The van der Waals surface area contributed by atoms with Gasteiger partial charge in [-0.05, 0) is 24.6 Å². The molecule has 2 heteroatoms. The lowest BCUT2D eigenvalue weighted by atomic mass is 10.0. The van der Waals surface area contributed by atoms with Crippen LogP contribution in [0.2, 0.25) is 0 Å². The van der Waals surface area contributed by atoms with E-state index in [2.05, 4.69) is 34.7 Å². The highest BCUT2D eigenvalue weighted by atomic mass is 15.1. The van der Waals surface area contributed by atoms with Crippen molar-refractivity contribution in [3.63, 3.8) is 0 Å². The van der Waals surface area contributed by atoms with Crippen molar-refractivity contribution in [2.45, 2.75) is 25.9 Å². The summed E-state index contributed by atoms with van der Waals surface area (Å²) in [5.41, 5.74) is 6.28. The molecule has 2 nitrogen and oxygen atoms in total. The SMILES string of the molecule is CN1CCc2c(c3cccc4c3n2CC4)C1. The third-order valence-corrected chi connectivity index (χ3v) is 4.15. The van der Waals surface area contributed by atoms with E-state index in [9.17, 15) is 0 Å². The predicted octanol–water partition coefficient (Wildman–Crippen LogP) is 2.19. The van der Waals surface area contributed by atoms with Gasteiger partial charge in [0.1, 0.15) is 0 Å². The molecule has 0 saturated heterocycles. The van der Waals surface area contributed by atoms with Crippen molar-refractivity contribution in [3.05, 3.63) is 35.0 Å². The lowest BCUT2D eigenvalue weighted by Gasteiger charge is -2.24. The van der Waals surface area contributed by atoms with Crippen LogP contribution in [0, 0.1) is 0 Å². The lowest BCUT2D eigenvalue weighted by Crippen LogP contribution is -2.27. The van der Waals surface area contributed by atoms with Crippen molar-refractivity contribution < 1.29 is 0 Å². The Hall–Kier alpha value is -1.28. The summed E-state index contributed by atoms with van der Waals surface area (Å²) in [6.45, 7) is 3.54. The quantitative estimate of drug-likeness (QED) is 0.650. The summed E-state index contributed by atoms with van der Waals surface area (Å²) in [5.74, 6) is 0. The molecule has 1 aromatic heterocycles. The number of hydrogen-bond donors (Lipinski definition) is 0. The molecule has 16 heavy (non-hydrogen) atoms. The smallest absolute Gasteiger partial charge is 0.0519 e. The molecule has 2 aliphatic heterocycles. The van der Waals surface area contributed by atoms with Gasteiger partial charge in [-0.3, -0.25) is 0 Å². The van der Waals surface area contributed by atoms with Gasteiger partial charge in [-0.1, -0.05) is 18.2 Å². The molecule has 4 rings (SSSR count). The first kappa shape index (κ1) is 8.82. The van der Waals surface area contributed by atoms with E-state index in [1.807, 2.05) is 0 Å². The molecule has 0 bridgehead atoms. The summed E-state index contributed by atoms with van der Waals surface area (Å²) in [7, 11) is 2.22. The monoisotopic (exact) mass is 212 g/mol. The molecule has 0 spiro atoms. The van der Waals surface area contributed by atoms with Gasteiger partial charge in [-0.25, -0.2) is 0 Å². The Morgan fingerprint density at radius 3 is 3.00 bits per heavy atom. The Morgan fingerprint density at radius 1 is 1.12 bits per heavy atom. The van der Waals surface area contributed by atoms with Crippen LogP contribution in [-0.4, -0.2) is 23.1 Å². The van der Waals surface area contributed by atoms with Crippen LogP contribution in [0.5, 0.6) is 0 Å². The number of benzene rings is 1. The Balaban J connectivity index is 2.10. The second kappa shape index (κ2) is 2.89. The van der Waals surface area contributed by atoms with E-state index in [1.165, 1.54) is 36.8 Å².